The van der Waals surface area contributed by atoms with Crippen molar-refractivity contribution in [3.05, 3.63) is 72.1 Å². The molecule has 2 aromatic heterocycles. The molecule has 9 heteroatoms. The van der Waals surface area contributed by atoms with Crippen molar-refractivity contribution < 1.29 is 47.1 Å². The minimum absolute atomic E-state index is 0. The molecule has 0 saturated heterocycles. The second kappa shape index (κ2) is 9.01. The molecule has 0 saturated carbocycles. The maximum absolute atomic E-state index is 10.6. The predicted molar refractivity (Wildman–Crippen MR) is 101 cm³/mol. The molecule has 0 spiro atoms. The minimum atomic E-state index is -1.23. The van der Waals surface area contributed by atoms with E-state index in [1.165, 1.54) is 12.1 Å². The Morgan fingerprint density at radius 2 is 1.00 bits per heavy atom. The number of rotatable bonds is 2. The summed E-state index contributed by atoms with van der Waals surface area (Å²) >= 11 is 0. The Bertz CT molecular complexity index is 1120. The number of carboxylic acid groups (broad SMARTS) is 2. The fourth-order valence-corrected chi connectivity index (χ4v) is 2.52. The van der Waals surface area contributed by atoms with Gasteiger partial charge in [-0.3, -0.25) is 0 Å². The number of nitrogens with zero attached hydrogens (tertiary/aromatic N) is 2. The van der Waals surface area contributed by atoms with Crippen LogP contribution in [0.5, 0.6) is 11.5 Å². The number of carbonyl (C=O) groups is 2. The number of aromatic nitrogens is 2. The summed E-state index contributed by atoms with van der Waals surface area (Å²) in [4.78, 5) is 28.9. The first-order valence-corrected chi connectivity index (χ1v) is 8.01. The van der Waals surface area contributed by atoms with Crippen molar-refractivity contribution in [2.45, 2.75) is 0 Å². The molecule has 0 amide bonds. The smallest absolute Gasteiger partial charge is 0.358 e. The second-order valence-corrected chi connectivity index (χ2v) is 5.71. The third kappa shape index (κ3) is 4.78. The van der Waals surface area contributed by atoms with Crippen LogP contribution < -0.4 is 0 Å². The van der Waals surface area contributed by atoms with E-state index in [0.717, 1.165) is 10.8 Å². The van der Waals surface area contributed by atoms with E-state index in [0.29, 0.717) is 11.0 Å². The molecule has 0 aliphatic heterocycles. The van der Waals surface area contributed by atoms with E-state index in [4.69, 9.17) is 10.2 Å². The van der Waals surface area contributed by atoms with Crippen molar-refractivity contribution in [3.63, 3.8) is 0 Å². The summed E-state index contributed by atoms with van der Waals surface area (Å²) in [5.41, 5.74) is 0.484. The van der Waals surface area contributed by atoms with Crippen LogP contribution in [0.3, 0.4) is 0 Å². The molecule has 0 aliphatic carbocycles. The Balaban J connectivity index is 0.000000200. The zero-order valence-corrected chi connectivity index (χ0v) is 15.8. The number of aromatic carboxylic acids is 2. The van der Waals surface area contributed by atoms with Crippen molar-refractivity contribution in [2.75, 3.05) is 0 Å². The first kappa shape index (κ1) is 21.6. The molecule has 147 valence electrons. The third-order valence-corrected chi connectivity index (χ3v) is 3.81. The summed E-state index contributed by atoms with van der Waals surface area (Å²) in [6, 6.07) is 16.8. The van der Waals surface area contributed by atoms with Gasteiger partial charge in [-0.25, -0.2) is 19.6 Å². The average Bonchev–Trinajstić information content (AvgIpc) is 2.67. The van der Waals surface area contributed by atoms with Crippen LogP contribution >= 0.6 is 0 Å². The van der Waals surface area contributed by atoms with E-state index >= 15 is 0 Å². The van der Waals surface area contributed by atoms with E-state index in [1.54, 1.807) is 48.5 Å². The van der Waals surface area contributed by atoms with Crippen LogP contribution in [0.25, 0.3) is 21.8 Å². The number of hydrogen-bond acceptors (Lipinski definition) is 6. The van der Waals surface area contributed by atoms with Gasteiger partial charge >= 0.3 is 11.9 Å². The molecule has 2 aromatic carbocycles. The van der Waals surface area contributed by atoms with Gasteiger partial charge in [-0.05, 0) is 24.3 Å². The molecule has 0 aliphatic rings. The maximum atomic E-state index is 10.6. The molecule has 4 aromatic rings. The zero-order valence-electron chi connectivity index (χ0n) is 14.7. The van der Waals surface area contributed by atoms with Gasteiger partial charge in [0.25, 0.3) is 0 Å². The molecule has 1 radical (unpaired) electrons. The van der Waals surface area contributed by atoms with E-state index in [2.05, 4.69) is 9.97 Å². The van der Waals surface area contributed by atoms with Crippen LogP contribution in [0.4, 0.5) is 0 Å². The van der Waals surface area contributed by atoms with Crippen LogP contribution in [0.2, 0.25) is 0 Å². The standard InChI is InChI=1S/2C10H7NO3.Mn/c2*12-8-5-6-3-1-2-4-7(6)11-9(8)10(13)14;/h2*1-5,12H,(H,13,14);. The number of fused-ring (bicyclic) bond motifs is 2. The van der Waals surface area contributed by atoms with Crippen LogP contribution in [0.1, 0.15) is 21.0 Å². The molecular formula is C20H14MnN2O6. The molecule has 4 rings (SSSR count). The number of pyridine rings is 2. The number of aromatic hydroxyl groups is 2. The molecule has 4 N–H and O–H groups in total. The van der Waals surface area contributed by atoms with Gasteiger partial charge in [0.15, 0.2) is 11.4 Å². The Morgan fingerprint density at radius 3 is 1.34 bits per heavy atom. The fourth-order valence-electron chi connectivity index (χ4n) is 2.52. The topological polar surface area (TPSA) is 141 Å². The number of benzene rings is 2. The largest absolute Gasteiger partial charge is 0.505 e. The van der Waals surface area contributed by atoms with E-state index < -0.39 is 11.9 Å². The van der Waals surface area contributed by atoms with Crippen LogP contribution in [0.15, 0.2) is 60.7 Å². The number of carboxylic acids is 2. The average molecular weight is 433 g/mol. The monoisotopic (exact) mass is 433 g/mol. The molecule has 0 atom stereocenters. The van der Waals surface area contributed by atoms with Gasteiger partial charge in [-0.2, -0.15) is 0 Å². The first-order valence-electron chi connectivity index (χ1n) is 8.01. The van der Waals surface area contributed by atoms with Crippen molar-refractivity contribution in [1.29, 1.82) is 0 Å². The van der Waals surface area contributed by atoms with Gasteiger partial charge in [0.05, 0.1) is 11.0 Å². The molecule has 29 heavy (non-hydrogen) atoms. The van der Waals surface area contributed by atoms with Gasteiger partial charge in [-0.1, -0.05) is 36.4 Å². The van der Waals surface area contributed by atoms with Gasteiger partial charge in [-0.15, -0.1) is 0 Å². The minimum Gasteiger partial charge on any atom is -0.505 e. The summed E-state index contributed by atoms with van der Waals surface area (Å²) in [5, 5.41) is 37.5. The van der Waals surface area contributed by atoms with Crippen molar-refractivity contribution in [2.24, 2.45) is 0 Å². The third-order valence-electron chi connectivity index (χ3n) is 3.81. The van der Waals surface area contributed by atoms with Crippen LogP contribution in [0, 0.1) is 0 Å². The maximum Gasteiger partial charge on any atom is 0.358 e. The second-order valence-electron chi connectivity index (χ2n) is 5.71. The van der Waals surface area contributed by atoms with E-state index in [-0.39, 0.29) is 40.0 Å². The summed E-state index contributed by atoms with van der Waals surface area (Å²) in [5.74, 6) is -3.08. The van der Waals surface area contributed by atoms with Crippen LogP contribution in [-0.2, 0) is 17.1 Å². The van der Waals surface area contributed by atoms with Gasteiger partial charge < -0.3 is 20.4 Å². The number of para-hydroxylation sites is 2. The summed E-state index contributed by atoms with van der Waals surface area (Å²) in [6.07, 6.45) is 0. The van der Waals surface area contributed by atoms with Crippen LogP contribution in [-0.4, -0.2) is 42.3 Å². The SMILES string of the molecule is O=C(O)c1nc2ccccc2cc1O.O=C(O)c1nc2ccccc2cc1O.[Mn]. The summed E-state index contributed by atoms with van der Waals surface area (Å²) in [6.45, 7) is 0. The van der Waals surface area contributed by atoms with Gasteiger partial charge in [0.1, 0.15) is 11.5 Å². The Kier molecular flexibility index (Phi) is 6.71. The Hall–Kier alpha value is -3.68. The van der Waals surface area contributed by atoms with Crippen molar-refractivity contribution >= 4 is 33.7 Å². The van der Waals surface area contributed by atoms with Crippen molar-refractivity contribution in [3.8, 4) is 11.5 Å². The molecule has 8 nitrogen and oxygen atoms in total. The molecule has 0 bridgehead atoms. The van der Waals surface area contributed by atoms with E-state index in [9.17, 15) is 19.8 Å². The van der Waals surface area contributed by atoms with E-state index in [1.807, 2.05) is 0 Å². The summed E-state index contributed by atoms with van der Waals surface area (Å²) < 4.78 is 0. The van der Waals surface area contributed by atoms with Gasteiger partial charge in [0.2, 0.25) is 0 Å². The zero-order chi connectivity index (χ0) is 20.3. The fraction of sp³-hybridized carbons (Fsp3) is 0. The number of hydrogen-bond donors (Lipinski definition) is 4. The summed E-state index contributed by atoms with van der Waals surface area (Å²) in [7, 11) is 0. The normalized spacial score (nSPS) is 9.93. The van der Waals surface area contributed by atoms with Gasteiger partial charge in [0, 0.05) is 27.8 Å². The Morgan fingerprint density at radius 1 is 0.655 bits per heavy atom. The first-order chi connectivity index (χ1) is 13.4. The molecular weight excluding hydrogens is 419 g/mol. The quantitative estimate of drug-likeness (QED) is 0.353. The Labute approximate surface area is 174 Å². The van der Waals surface area contributed by atoms with Crippen molar-refractivity contribution in [1.82, 2.24) is 9.97 Å². The predicted octanol–water partition coefficient (Wildman–Crippen LogP) is 3.27. The molecule has 2 heterocycles. The molecule has 0 fully saturated rings. The molecule has 0 unspecified atom stereocenters.